The number of likely N-dealkylation sites (N-methyl/N-ethyl adjacent to an activating group) is 1. The third kappa shape index (κ3) is 8.12. The fourth-order valence-electron chi connectivity index (χ4n) is 1.38. The Balaban J connectivity index is 4.72. The summed E-state index contributed by atoms with van der Waals surface area (Å²) in [6.45, 7) is 1.45. The summed E-state index contributed by atoms with van der Waals surface area (Å²) in [5.41, 5.74) is 0. The number of nitrogens with zero attached hydrogens (tertiary/aromatic N) is 1. The second-order valence-electron chi connectivity index (χ2n) is 4.35. The molecule has 2 amide bonds. The summed E-state index contributed by atoms with van der Waals surface area (Å²) in [6.07, 6.45) is 0.721. The Labute approximate surface area is 123 Å². The van der Waals surface area contributed by atoms with Gasteiger partial charge in [-0.05, 0) is 13.3 Å². The maximum atomic E-state index is 11.9. The number of aliphatic carboxylic acids is 1. The minimum Gasteiger partial charge on any atom is -0.480 e. The third-order valence-electron chi connectivity index (χ3n) is 2.59. The first kappa shape index (κ1) is 19.2. The molecular formula is C11H20N2O7S. The lowest BCUT2D eigenvalue weighted by molar-refractivity contribution is -0.141. The predicted octanol–water partition coefficient (Wildman–Crippen LogP) is -0.921. The smallest absolute Gasteiger partial charge is 0.326 e. The summed E-state index contributed by atoms with van der Waals surface area (Å²) in [7, 11) is -2.17. The van der Waals surface area contributed by atoms with Gasteiger partial charge in [0.05, 0.1) is 12.9 Å². The van der Waals surface area contributed by atoms with E-state index in [0.29, 0.717) is 0 Å². The van der Waals surface area contributed by atoms with Gasteiger partial charge in [-0.3, -0.25) is 4.79 Å². The summed E-state index contributed by atoms with van der Waals surface area (Å²) in [5, 5.41) is 11.2. The second-order valence-corrected chi connectivity index (χ2v) is 6.61. The SMILES string of the molecule is CCN(CC(=O)OC)C(=O)NC(CCS(C)(=O)=O)C(=O)O. The molecule has 0 bridgehead atoms. The number of nitrogens with one attached hydrogen (secondary N) is 1. The molecule has 1 unspecified atom stereocenters. The highest BCUT2D eigenvalue weighted by molar-refractivity contribution is 7.90. The second kappa shape index (κ2) is 8.45. The lowest BCUT2D eigenvalue weighted by atomic mass is 10.2. The Morgan fingerprint density at radius 1 is 1.33 bits per heavy atom. The Morgan fingerprint density at radius 2 is 1.90 bits per heavy atom. The zero-order valence-corrected chi connectivity index (χ0v) is 13.0. The minimum absolute atomic E-state index is 0.166. The number of carboxylic acids is 1. The molecule has 0 heterocycles. The fourth-order valence-corrected chi connectivity index (χ4v) is 2.04. The van der Waals surface area contributed by atoms with Crippen molar-refractivity contribution in [1.82, 2.24) is 10.2 Å². The highest BCUT2D eigenvalue weighted by Crippen LogP contribution is 2.00. The monoisotopic (exact) mass is 324 g/mol. The fraction of sp³-hybridized carbons (Fsp3) is 0.727. The van der Waals surface area contributed by atoms with Crippen molar-refractivity contribution >= 4 is 27.8 Å². The van der Waals surface area contributed by atoms with Crippen LogP contribution >= 0.6 is 0 Å². The number of amides is 2. The molecule has 0 saturated carbocycles. The first-order valence-electron chi connectivity index (χ1n) is 6.13. The van der Waals surface area contributed by atoms with Gasteiger partial charge >= 0.3 is 18.0 Å². The molecular weight excluding hydrogens is 304 g/mol. The van der Waals surface area contributed by atoms with Crippen LogP contribution in [-0.2, 0) is 24.2 Å². The maximum absolute atomic E-state index is 11.9. The number of hydrogen-bond acceptors (Lipinski definition) is 6. The third-order valence-corrected chi connectivity index (χ3v) is 3.57. The van der Waals surface area contributed by atoms with Crippen LogP contribution in [0.4, 0.5) is 4.79 Å². The van der Waals surface area contributed by atoms with Crippen LogP contribution in [0, 0.1) is 0 Å². The Kier molecular flexibility index (Phi) is 7.71. The zero-order chi connectivity index (χ0) is 16.6. The molecule has 0 aromatic rings. The van der Waals surface area contributed by atoms with E-state index < -0.39 is 33.8 Å². The largest absolute Gasteiger partial charge is 0.480 e. The van der Waals surface area contributed by atoms with Crippen LogP contribution < -0.4 is 5.32 Å². The molecule has 0 fully saturated rings. The average molecular weight is 324 g/mol. The first-order valence-corrected chi connectivity index (χ1v) is 8.19. The molecule has 1 atom stereocenters. The summed E-state index contributed by atoms with van der Waals surface area (Å²) >= 11 is 0. The van der Waals surface area contributed by atoms with Crippen molar-refractivity contribution in [1.29, 1.82) is 0 Å². The van der Waals surface area contributed by atoms with E-state index in [0.717, 1.165) is 11.2 Å². The predicted molar refractivity (Wildman–Crippen MR) is 73.5 cm³/mol. The maximum Gasteiger partial charge on any atom is 0.326 e. The van der Waals surface area contributed by atoms with Crippen LogP contribution in [0.2, 0.25) is 0 Å². The van der Waals surface area contributed by atoms with E-state index in [4.69, 9.17) is 5.11 Å². The van der Waals surface area contributed by atoms with Crippen molar-refractivity contribution in [2.45, 2.75) is 19.4 Å². The summed E-state index contributed by atoms with van der Waals surface area (Å²) in [4.78, 5) is 35.1. The van der Waals surface area contributed by atoms with E-state index in [2.05, 4.69) is 10.1 Å². The van der Waals surface area contributed by atoms with Gasteiger partial charge in [-0.1, -0.05) is 0 Å². The van der Waals surface area contributed by atoms with Gasteiger partial charge in [0.2, 0.25) is 0 Å². The van der Waals surface area contributed by atoms with Crippen LogP contribution in [0.1, 0.15) is 13.3 Å². The molecule has 0 aliphatic rings. The van der Waals surface area contributed by atoms with Gasteiger partial charge in [-0.2, -0.15) is 0 Å². The Morgan fingerprint density at radius 3 is 2.29 bits per heavy atom. The molecule has 0 radical (unpaired) electrons. The van der Waals surface area contributed by atoms with Crippen molar-refractivity contribution in [3.05, 3.63) is 0 Å². The van der Waals surface area contributed by atoms with Crippen LogP contribution in [-0.4, -0.2) is 74.6 Å². The van der Waals surface area contributed by atoms with Gasteiger partial charge in [0, 0.05) is 12.8 Å². The molecule has 21 heavy (non-hydrogen) atoms. The number of ether oxygens (including phenoxy) is 1. The number of esters is 1. The number of urea groups is 1. The molecule has 0 spiro atoms. The lowest BCUT2D eigenvalue weighted by Crippen LogP contribution is -2.49. The number of carbonyl (C=O) groups excluding carboxylic acids is 2. The van der Waals surface area contributed by atoms with Crippen LogP contribution in [0.15, 0.2) is 0 Å². The van der Waals surface area contributed by atoms with Gasteiger partial charge in [0.15, 0.2) is 0 Å². The van der Waals surface area contributed by atoms with Gasteiger partial charge in [-0.25, -0.2) is 18.0 Å². The first-order chi connectivity index (χ1) is 9.60. The molecule has 0 rings (SSSR count). The zero-order valence-electron chi connectivity index (χ0n) is 12.2. The van der Waals surface area contributed by atoms with E-state index in [9.17, 15) is 22.8 Å². The molecule has 10 heteroatoms. The van der Waals surface area contributed by atoms with Gasteiger partial charge < -0.3 is 20.1 Å². The van der Waals surface area contributed by atoms with E-state index in [-0.39, 0.29) is 25.3 Å². The van der Waals surface area contributed by atoms with Crippen LogP contribution in [0.25, 0.3) is 0 Å². The van der Waals surface area contributed by atoms with E-state index in [1.54, 1.807) is 6.92 Å². The van der Waals surface area contributed by atoms with Crippen molar-refractivity contribution in [3.8, 4) is 0 Å². The molecule has 0 aliphatic carbocycles. The Hall–Kier alpha value is -1.84. The van der Waals surface area contributed by atoms with Crippen molar-refractivity contribution in [3.63, 3.8) is 0 Å². The van der Waals surface area contributed by atoms with E-state index >= 15 is 0 Å². The summed E-state index contributed by atoms with van der Waals surface area (Å²) in [5.74, 6) is -2.36. The molecule has 0 saturated heterocycles. The molecule has 0 aromatic heterocycles. The average Bonchev–Trinajstić information content (AvgIpc) is 2.38. The Bertz CT molecular complexity index is 489. The lowest BCUT2D eigenvalue weighted by Gasteiger charge is -2.22. The van der Waals surface area contributed by atoms with E-state index in [1.165, 1.54) is 7.11 Å². The van der Waals surface area contributed by atoms with Gasteiger partial charge in [0.1, 0.15) is 22.4 Å². The molecule has 0 aliphatic heterocycles. The topological polar surface area (TPSA) is 130 Å². The molecule has 122 valence electrons. The van der Waals surface area contributed by atoms with Crippen LogP contribution in [0.3, 0.4) is 0 Å². The molecule has 9 nitrogen and oxygen atoms in total. The van der Waals surface area contributed by atoms with Crippen molar-refractivity contribution in [2.75, 3.05) is 32.2 Å². The van der Waals surface area contributed by atoms with Crippen LogP contribution in [0.5, 0.6) is 0 Å². The number of sulfone groups is 1. The molecule has 0 aromatic carbocycles. The normalized spacial score (nSPS) is 12.3. The van der Waals surface area contributed by atoms with Crippen molar-refractivity contribution < 1.29 is 32.6 Å². The van der Waals surface area contributed by atoms with Gasteiger partial charge in [0.25, 0.3) is 0 Å². The number of rotatable bonds is 8. The number of carbonyl (C=O) groups is 3. The highest BCUT2D eigenvalue weighted by atomic mass is 32.2. The number of hydrogen-bond donors (Lipinski definition) is 2. The quantitative estimate of drug-likeness (QED) is 0.552. The van der Waals surface area contributed by atoms with Gasteiger partial charge in [-0.15, -0.1) is 0 Å². The number of carboxylic acid groups (broad SMARTS) is 1. The number of methoxy groups -OCH3 is 1. The standard InChI is InChI=1S/C11H20N2O7S/c1-4-13(7-9(14)20-2)11(17)12-8(10(15)16)5-6-21(3,18)19/h8H,4-7H2,1-3H3,(H,12,17)(H,15,16). The summed E-state index contributed by atoms with van der Waals surface area (Å²) < 4.78 is 26.5. The minimum atomic E-state index is -3.34. The van der Waals surface area contributed by atoms with E-state index in [1.807, 2.05) is 0 Å². The van der Waals surface area contributed by atoms with Crippen molar-refractivity contribution in [2.24, 2.45) is 0 Å². The highest BCUT2D eigenvalue weighted by Gasteiger charge is 2.24. The summed E-state index contributed by atoms with van der Waals surface area (Å²) in [6, 6.07) is -2.12. The molecule has 2 N–H and O–H groups in total.